The van der Waals surface area contributed by atoms with Crippen LogP contribution in [0, 0.1) is 13.8 Å². The Bertz CT molecular complexity index is 868. The Kier molecular flexibility index (Phi) is 5.30. The normalized spacial score (nSPS) is 10.5. The zero-order chi connectivity index (χ0) is 17.6. The van der Waals surface area contributed by atoms with Gasteiger partial charge in [0.1, 0.15) is 0 Å². The van der Waals surface area contributed by atoms with Crippen molar-refractivity contribution in [2.75, 3.05) is 5.32 Å². The molecule has 0 aliphatic rings. The van der Waals surface area contributed by atoms with Gasteiger partial charge < -0.3 is 5.32 Å². The summed E-state index contributed by atoms with van der Waals surface area (Å²) in [5, 5.41) is 3.07. The summed E-state index contributed by atoms with van der Waals surface area (Å²) < 4.78 is 0. The van der Waals surface area contributed by atoms with Crippen molar-refractivity contribution in [2.24, 2.45) is 0 Å². The summed E-state index contributed by atoms with van der Waals surface area (Å²) in [5.74, 6) is -0.0543. The molecular weight excluding hydrogens is 306 g/mol. The van der Waals surface area contributed by atoms with Crippen molar-refractivity contribution in [1.82, 2.24) is 0 Å². The molecule has 0 bridgehead atoms. The lowest BCUT2D eigenvalue weighted by atomic mass is 10.0. The summed E-state index contributed by atoms with van der Waals surface area (Å²) in [6.45, 7) is 3.98. The number of hydrogen-bond acceptors (Lipinski definition) is 1. The van der Waals surface area contributed by atoms with E-state index >= 15 is 0 Å². The van der Waals surface area contributed by atoms with Crippen LogP contribution in [0.3, 0.4) is 0 Å². The largest absolute Gasteiger partial charge is 0.322 e. The first-order valence-electron chi connectivity index (χ1n) is 8.64. The molecule has 0 fully saturated rings. The van der Waals surface area contributed by atoms with Gasteiger partial charge in [-0.1, -0.05) is 60.7 Å². The number of anilines is 1. The zero-order valence-corrected chi connectivity index (χ0v) is 14.8. The van der Waals surface area contributed by atoms with Gasteiger partial charge in [0.2, 0.25) is 0 Å². The number of carbonyl (C=O) groups excluding carboxylic acids is 1. The molecule has 0 aromatic heterocycles. The molecule has 0 radical (unpaired) electrons. The van der Waals surface area contributed by atoms with E-state index < -0.39 is 0 Å². The van der Waals surface area contributed by atoms with Gasteiger partial charge in [0.15, 0.2) is 0 Å². The minimum Gasteiger partial charge on any atom is -0.322 e. The number of benzene rings is 3. The topological polar surface area (TPSA) is 29.1 Å². The fourth-order valence-electron chi connectivity index (χ4n) is 2.91. The van der Waals surface area contributed by atoms with Crippen LogP contribution < -0.4 is 5.32 Å². The maximum absolute atomic E-state index is 12.6. The highest BCUT2D eigenvalue weighted by atomic mass is 16.1. The van der Waals surface area contributed by atoms with E-state index in [0.29, 0.717) is 0 Å². The quantitative estimate of drug-likeness (QED) is 0.672. The number of hydrogen-bond donors (Lipinski definition) is 1. The Hall–Kier alpha value is -2.87. The van der Waals surface area contributed by atoms with Crippen molar-refractivity contribution in [3.05, 3.63) is 101 Å². The molecule has 0 aliphatic carbocycles. The van der Waals surface area contributed by atoms with Crippen molar-refractivity contribution >= 4 is 11.6 Å². The van der Waals surface area contributed by atoms with Gasteiger partial charge in [-0.05, 0) is 61.1 Å². The molecule has 0 spiro atoms. The molecule has 0 atom stereocenters. The van der Waals surface area contributed by atoms with Crippen molar-refractivity contribution in [1.29, 1.82) is 0 Å². The van der Waals surface area contributed by atoms with E-state index in [9.17, 15) is 4.79 Å². The van der Waals surface area contributed by atoms with Crippen LogP contribution >= 0.6 is 0 Å². The lowest BCUT2D eigenvalue weighted by molar-refractivity contribution is 0.102. The van der Waals surface area contributed by atoms with Crippen molar-refractivity contribution < 1.29 is 4.79 Å². The van der Waals surface area contributed by atoms with Gasteiger partial charge in [-0.25, -0.2) is 0 Å². The van der Waals surface area contributed by atoms with Gasteiger partial charge in [-0.3, -0.25) is 4.79 Å². The van der Waals surface area contributed by atoms with Crippen LogP contribution in [-0.2, 0) is 12.8 Å². The SMILES string of the molecule is Cc1ccc(CCc2ccccc2)cc1NC(=O)c1ccccc1C. The molecule has 0 heterocycles. The molecule has 0 saturated carbocycles. The van der Waals surface area contributed by atoms with Gasteiger partial charge >= 0.3 is 0 Å². The van der Waals surface area contributed by atoms with Crippen LogP contribution in [0.15, 0.2) is 72.8 Å². The van der Waals surface area contributed by atoms with Gasteiger partial charge in [0, 0.05) is 11.3 Å². The van der Waals surface area contributed by atoms with E-state index in [1.54, 1.807) is 0 Å². The van der Waals surface area contributed by atoms with E-state index in [1.165, 1.54) is 11.1 Å². The van der Waals surface area contributed by atoms with Crippen molar-refractivity contribution in [2.45, 2.75) is 26.7 Å². The van der Waals surface area contributed by atoms with Crippen LogP contribution in [0.5, 0.6) is 0 Å². The maximum atomic E-state index is 12.6. The minimum absolute atomic E-state index is 0.0543. The highest BCUT2D eigenvalue weighted by Gasteiger charge is 2.10. The highest BCUT2D eigenvalue weighted by Crippen LogP contribution is 2.20. The van der Waals surface area contributed by atoms with E-state index in [2.05, 4.69) is 47.8 Å². The average molecular weight is 329 g/mol. The number of rotatable bonds is 5. The third-order valence-corrected chi connectivity index (χ3v) is 4.49. The highest BCUT2D eigenvalue weighted by molar-refractivity contribution is 6.05. The van der Waals surface area contributed by atoms with Crippen LogP contribution in [0.4, 0.5) is 5.69 Å². The van der Waals surface area contributed by atoms with Crippen LogP contribution in [0.2, 0.25) is 0 Å². The van der Waals surface area contributed by atoms with Gasteiger partial charge in [0.05, 0.1) is 0 Å². The number of carbonyl (C=O) groups is 1. The minimum atomic E-state index is -0.0543. The van der Waals surface area contributed by atoms with Crippen LogP contribution in [-0.4, -0.2) is 5.91 Å². The Morgan fingerprint density at radius 1 is 0.760 bits per heavy atom. The Labute approximate surface area is 149 Å². The summed E-state index contributed by atoms with van der Waals surface area (Å²) in [4.78, 5) is 12.6. The molecule has 2 nitrogen and oxygen atoms in total. The van der Waals surface area contributed by atoms with Gasteiger partial charge in [-0.2, -0.15) is 0 Å². The number of nitrogens with one attached hydrogen (secondary N) is 1. The lowest BCUT2D eigenvalue weighted by Gasteiger charge is -2.12. The fourth-order valence-corrected chi connectivity index (χ4v) is 2.91. The fraction of sp³-hybridized carbons (Fsp3) is 0.174. The molecule has 3 aromatic carbocycles. The Morgan fingerprint density at radius 2 is 1.44 bits per heavy atom. The average Bonchev–Trinajstić information content (AvgIpc) is 2.63. The van der Waals surface area contributed by atoms with E-state index in [0.717, 1.165) is 35.2 Å². The second kappa shape index (κ2) is 7.80. The van der Waals surface area contributed by atoms with Crippen LogP contribution in [0.1, 0.15) is 32.6 Å². The summed E-state index contributed by atoms with van der Waals surface area (Å²) in [6, 6.07) is 24.4. The van der Waals surface area contributed by atoms with E-state index in [-0.39, 0.29) is 5.91 Å². The predicted molar refractivity (Wildman–Crippen MR) is 104 cm³/mol. The van der Waals surface area contributed by atoms with Gasteiger partial charge in [-0.15, -0.1) is 0 Å². The summed E-state index contributed by atoms with van der Waals surface area (Å²) >= 11 is 0. The maximum Gasteiger partial charge on any atom is 0.255 e. The third kappa shape index (κ3) is 4.36. The molecule has 25 heavy (non-hydrogen) atoms. The smallest absolute Gasteiger partial charge is 0.255 e. The molecule has 1 amide bonds. The second-order valence-electron chi connectivity index (χ2n) is 6.40. The second-order valence-corrected chi connectivity index (χ2v) is 6.40. The summed E-state index contributed by atoms with van der Waals surface area (Å²) in [7, 11) is 0. The number of amides is 1. The predicted octanol–water partition coefficient (Wildman–Crippen LogP) is 5.34. The van der Waals surface area contributed by atoms with E-state index in [1.807, 2.05) is 44.2 Å². The summed E-state index contributed by atoms with van der Waals surface area (Å²) in [6.07, 6.45) is 1.95. The molecule has 0 saturated heterocycles. The molecule has 3 rings (SSSR count). The van der Waals surface area contributed by atoms with Crippen molar-refractivity contribution in [3.63, 3.8) is 0 Å². The molecular formula is C23H23NO. The standard InChI is InChI=1S/C23H23NO/c1-17-8-6-7-11-21(17)23(25)24-22-16-20(13-12-18(22)2)15-14-19-9-4-3-5-10-19/h3-13,16H,14-15H2,1-2H3,(H,24,25). The number of aryl methyl sites for hydroxylation is 4. The monoisotopic (exact) mass is 329 g/mol. The first kappa shape index (κ1) is 17.0. The van der Waals surface area contributed by atoms with Gasteiger partial charge in [0.25, 0.3) is 5.91 Å². The molecule has 0 unspecified atom stereocenters. The molecule has 3 aromatic rings. The zero-order valence-electron chi connectivity index (χ0n) is 14.8. The summed E-state index contributed by atoms with van der Waals surface area (Å²) in [5.41, 5.74) is 6.22. The lowest BCUT2D eigenvalue weighted by Crippen LogP contribution is -2.14. The molecule has 1 N–H and O–H groups in total. The Morgan fingerprint density at radius 3 is 2.20 bits per heavy atom. The molecule has 0 aliphatic heterocycles. The first-order chi connectivity index (χ1) is 12.1. The van der Waals surface area contributed by atoms with E-state index in [4.69, 9.17) is 0 Å². The van der Waals surface area contributed by atoms with Crippen molar-refractivity contribution in [3.8, 4) is 0 Å². The third-order valence-electron chi connectivity index (χ3n) is 4.49. The molecule has 126 valence electrons. The van der Waals surface area contributed by atoms with Crippen LogP contribution in [0.25, 0.3) is 0 Å². The Balaban J connectivity index is 1.73. The molecule has 2 heteroatoms. The first-order valence-corrected chi connectivity index (χ1v) is 8.64.